The summed E-state index contributed by atoms with van der Waals surface area (Å²) in [5.41, 5.74) is 1.57. The Hall–Kier alpha value is -1.70. The third-order valence-corrected chi connectivity index (χ3v) is 1.80. The Labute approximate surface area is 76.6 Å². The topological polar surface area (TPSA) is 29.4 Å². The van der Waals surface area contributed by atoms with E-state index in [1.165, 1.54) is 0 Å². The zero-order valence-electron chi connectivity index (χ0n) is 7.03. The summed E-state index contributed by atoms with van der Waals surface area (Å²) in [6.45, 7) is 0. The van der Waals surface area contributed by atoms with Crippen molar-refractivity contribution in [1.29, 1.82) is 0 Å². The second kappa shape index (κ2) is 3.35. The van der Waals surface area contributed by atoms with Gasteiger partial charge < -0.3 is 0 Å². The zero-order chi connectivity index (χ0) is 9.10. The first-order valence-electron chi connectivity index (χ1n) is 4.11. The van der Waals surface area contributed by atoms with E-state index in [9.17, 15) is 4.79 Å². The van der Waals surface area contributed by atoms with E-state index in [0.717, 1.165) is 5.56 Å². The van der Waals surface area contributed by atoms with Crippen molar-refractivity contribution < 1.29 is 4.79 Å². The number of Topliss-reactive ketones (excluding diaryl/α,β-unsaturated/α-hetero) is 1. The first-order valence-corrected chi connectivity index (χ1v) is 4.11. The second-order valence-corrected chi connectivity index (χ2v) is 2.78. The number of rotatable bonds is 1. The van der Waals surface area contributed by atoms with Gasteiger partial charge in [0.25, 0.3) is 0 Å². The summed E-state index contributed by atoms with van der Waals surface area (Å²) in [4.78, 5) is 15.1. The summed E-state index contributed by atoms with van der Waals surface area (Å²) in [6.07, 6.45) is 4.71. The molecule has 2 nitrogen and oxygen atoms in total. The lowest BCUT2D eigenvalue weighted by molar-refractivity contribution is -0.114. The largest absolute Gasteiger partial charge is 0.294 e. The lowest BCUT2D eigenvalue weighted by Gasteiger charge is -2.03. The van der Waals surface area contributed by atoms with Crippen LogP contribution in [-0.4, -0.2) is 12.0 Å². The highest BCUT2D eigenvalue weighted by atomic mass is 16.1. The average Bonchev–Trinajstić information content (AvgIpc) is 2.19. The molecule has 13 heavy (non-hydrogen) atoms. The van der Waals surface area contributed by atoms with Crippen molar-refractivity contribution >= 4 is 17.7 Å². The molecule has 1 heterocycles. The van der Waals surface area contributed by atoms with E-state index in [-0.39, 0.29) is 5.78 Å². The molecule has 1 radical (unpaired) electrons. The van der Waals surface area contributed by atoms with Crippen LogP contribution < -0.4 is 0 Å². The van der Waals surface area contributed by atoms with E-state index >= 15 is 0 Å². The third kappa shape index (κ3) is 1.72. The second-order valence-electron chi connectivity index (χ2n) is 2.78. The van der Waals surface area contributed by atoms with Crippen molar-refractivity contribution in [2.24, 2.45) is 4.99 Å². The summed E-state index contributed by atoms with van der Waals surface area (Å²) >= 11 is 0. The van der Waals surface area contributed by atoms with Gasteiger partial charge in [-0.2, -0.15) is 0 Å². The zero-order valence-corrected chi connectivity index (χ0v) is 7.03. The maximum Gasteiger partial charge on any atom is 0.171 e. The maximum absolute atomic E-state index is 11.0. The lowest BCUT2D eigenvalue weighted by Crippen LogP contribution is -2.01. The Balaban J connectivity index is 2.37. The molecule has 0 bridgehead atoms. The molecule has 63 valence electrons. The van der Waals surface area contributed by atoms with Crippen molar-refractivity contribution in [3.63, 3.8) is 0 Å². The number of benzene rings is 1. The van der Waals surface area contributed by atoms with Crippen molar-refractivity contribution in [2.45, 2.75) is 6.42 Å². The Kier molecular flexibility index (Phi) is 2.04. The lowest BCUT2D eigenvalue weighted by atomic mass is 10.1. The van der Waals surface area contributed by atoms with Gasteiger partial charge in [0.15, 0.2) is 5.78 Å². The minimum absolute atomic E-state index is 0.00569. The van der Waals surface area contributed by atoms with E-state index in [1.54, 1.807) is 6.21 Å². The first-order chi connectivity index (χ1) is 6.36. The molecule has 0 N–H and O–H groups in total. The summed E-state index contributed by atoms with van der Waals surface area (Å²) in [5, 5.41) is 0. The van der Waals surface area contributed by atoms with E-state index in [4.69, 9.17) is 0 Å². The highest BCUT2D eigenvalue weighted by molar-refractivity contribution is 6.04. The van der Waals surface area contributed by atoms with Gasteiger partial charge in [-0.3, -0.25) is 9.79 Å². The number of hydrogen-bond donors (Lipinski definition) is 0. The molecule has 0 atom stereocenters. The number of carbonyl (C=O) groups excluding carboxylic acids is 1. The number of nitrogens with zero attached hydrogens (tertiary/aromatic N) is 1. The van der Waals surface area contributed by atoms with E-state index in [1.807, 2.05) is 30.3 Å². The van der Waals surface area contributed by atoms with Gasteiger partial charge >= 0.3 is 0 Å². The third-order valence-electron chi connectivity index (χ3n) is 1.80. The monoisotopic (exact) mass is 170 g/mol. The van der Waals surface area contributed by atoms with Crippen LogP contribution in [0.1, 0.15) is 12.0 Å². The van der Waals surface area contributed by atoms with Gasteiger partial charge in [-0.25, -0.2) is 0 Å². The first kappa shape index (κ1) is 7.92. The quantitative estimate of drug-likeness (QED) is 0.632. The molecule has 0 unspecified atom stereocenters. The van der Waals surface area contributed by atoms with E-state index in [0.29, 0.717) is 12.1 Å². The number of aliphatic imine (C=N–C) groups is 1. The molecule has 2 heteroatoms. The van der Waals surface area contributed by atoms with Crippen molar-refractivity contribution in [3.05, 3.63) is 42.0 Å². The van der Waals surface area contributed by atoms with E-state index < -0.39 is 0 Å². The van der Waals surface area contributed by atoms with Crippen LogP contribution in [0.3, 0.4) is 0 Å². The maximum atomic E-state index is 11.0. The predicted octanol–water partition coefficient (Wildman–Crippen LogP) is 1.87. The molecule has 0 spiro atoms. The van der Waals surface area contributed by atoms with Gasteiger partial charge in [-0.1, -0.05) is 30.3 Å². The average molecular weight is 170 g/mol. The van der Waals surface area contributed by atoms with Gasteiger partial charge in [0.2, 0.25) is 0 Å². The fourth-order valence-electron chi connectivity index (χ4n) is 1.18. The molecule has 0 aromatic heterocycles. The van der Waals surface area contributed by atoms with Crippen molar-refractivity contribution in [3.8, 4) is 0 Å². The van der Waals surface area contributed by atoms with Crippen LogP contribution in [-0.2, 0) is 4.79 Å². The van der Waals surface area contributed by atoms with Crippen LogP contribution in [0.2, 0.25) is 0 Å². The fourth-order valence-corrected chi connectivity index (χ4v) is 1.18. The van der Waals surface area contributed by atoms with Gasteiger partial charge in [-0.15, -0.1) is 0 Å². The van der Waals surface area contributed by atoms with Gasteiger partial charge in [0, 0.05) is 18.2 Å². The minimum atomic E-state index is -0.00569. The SMILES string of the molecule is O=C1[C]=C(c2ccccc2)N=CC1. The molecule has 1 aliphatic heterocycles. The van der Waals surface area contributed by atoms with Gasteiger partial charge in [0.1, 0.15) is 0 Å². The van der Waals surface area contributed by atoms with Crippen LogP contribution in [0.15, 0.2) is 35.3 Å². The molecule has 1 aromatic carbocycles. The van der Waals surface area contributed by atoms with Gasteiger partial charge in [0.05, 0.1) is 11.8 Å². The molecule has 0 saturated heterocycles. The van der Waals surface area contributed by atoms with Crippen LogP contribution in [0.5, 0.6) is 0 Å². The van der Waals surface area contributed by atoms with Crippen LogP contribution in [0.4, 0.5) is 0 Å². The molecule has 1 aliphatic rings. The normalized spacial score (nSPS) is 15.7. The number of carbonyl (C=O) groups is 1. The van der Waals surface area contributed by atoms with Crippen LogP contribution >= 0.6 is 0 Å². The highest BCUT2D eigenvalue weighted by Crippen LogP contribution is 2.16. The van der Waals surface area contributed by atoms with Crippen molar-refractivity contribution in [2.75, 3.05) is 0 Å². The summed E-state index contributed by atoms with van der Waals surface area (Å²) < 4.78 is 0. The highest BCUT2D eigenvalue weighted by Gasteiger charge is 2.07. The molecule has 0 fully saturated rings. The number of allylic oxidation sites excluding steroid dienone is 1. The summed E-state index contributed by atoms with van der Waals surface area (Å²) in [5.74, 6) is -0.00569. The number of hydrogen-bond acceptors (Lipinski definition) is 2. The smallest absolute Gasteiger partial charge is 0.171 e. The minimum Gasteiger partial charge on any atom is -0.294 e. The molecule has 0 aliphatic carbocycles. The predicted molar refractivity (Wildman–Crippen MR) is 51.2 cm³/mol. The summed E-state index contributed by atoms with van der Waals surface area (Å²) in [6, 6.07) is 9.59. The molecule has 0 amide bonds. The summed E-state index contributed by atoms with van der Waals surface area (Å²) in [7, 11) is 0. The van der Waals surface area contributed by atoms with E-state index in [2.05, 4.69) is 11.1 Å². The Morgan fingerprint density at radius 1 is 1.23 bits per heavy atom. The molecule has 1 aromatic rings. The van der Waals surface area contributed by atoms with Gasteiger partial charge in [-0.05, 0) is 0 Å². The molecule has 0 saturated carbocycles. The molecule has 2 rings (SSSR count). The number of ketones is 1. The standard InChI is InChI=1S/C11H8NO/c13-10-6-7-12-11(8-10)9-4-2-1-3-5-9/h1-5,7H,6H2. The Morgan fingerprint density at radius 3 is 2.69 bits per heavy atom. The molecular formula is C11H8NO. The van der Waals surface area contributed by atoms with Crippen molar-refractivity contribution in [1.82, 2.24) is 0 Å². The Morgan fingerprint density at radius 2 is 2.00 bits per heavy atom. The fraction of sp³-hybridized carbons (Fsp3) is 0.0909. The van der Waals surface area contributed by atoms with Crippen LogP contribution in [0.25, 0.3) is 5.70 Å². The Bertz CT molecular complexity index is 376. The van der Waals surface area contributed by atoms with Crippen LogP contribution in [0, 0.1) is 6.08 Å². The molecular weight excluding hydrogens is 162 g/mol.